The van der Waals surface area contributed by atoms with Crippen LogP contribution >= 0.6 is 0 Å². The molecule has 1 saturated carbocycles. The second-order valence-electron chi connectivity index (χ2n) is 7.57. The molecule has 1 heterocycles. The Hall–Kier alpha value is -2.48. The van der Waals surface area contributed by atoms with E-state index < -0.39 is 0 Å². The molecule has 1 aromatic carbocycles. The van der Waals surface area contributed by atoms with Crippen molar-refractivity contribution < 1.29 is 14.3 Å². The highest BCUT2D eigenvalue weighted by Gasteiger charge is 2.25. The van der Waals surface area contributed by atoms with Crippen LogP contribution in [0.4, 0.5) is 0 Å². The summed E-state index contributed by atoms with van der Waals surface area (Å²) in [4.78, 5) is 12.7. The molecule has 1 N–H and O–H groups in total. The fourth-order valence-electron chi connectivity index (χ4n) is 3.93. The van der Waals surface area contributed by atoms with Crippen LogP contribution in [0.5, 0.6) is 11.5 Å². The third-order valence-electron chi connectivity index (χ3n) is 5.42. The van der Waals surface area contributed by atoms with Crippen LogP contribution in [0, 0.1) is 17.2 Å². The molecule has 2 aliphatic rings. The van der Waals surface area contributed by atoms with E-state index in [0.29, 0.717) is 23.8 Å². The SMILES string of the molecule is CCOc1cc2c(cc1/C=C(\C#N)C(=O)N[C@H]1CCCC[C@H]1C)O[C@H](C)C2. The summed E-state index contributed by atoms with van der Waals surface area (Å²) in [5.74, 6) is 1.61. The zero-order valence-electron chi connectivity index (χ0n) is 16.4. The Morgan fingerprint density at radius 1 is 1.37 bits per heavy atom. The van der Waals surface area contributed by atoms with Crippen molar-refractivity contribution in [1.29, 1.82) is 5.26 Å². The second kappa shape index (κ2) is 8.47. The molecule has 1 aliphatic carbocycles. The van der Waals surface area contributed by atoms with Gasteiger partial charge in [-0.15, -0.1) is 0 Å². The summed E-state index contributed by atoms with van der Waals surface area (Å²) in [6.07, 6.45) is 6.99. The molecular formula is C22H28N2O3. The van der Waals surface area contributed by atoms with E-state index in [-0.39, 0.29) is 23.6 Å². The van der Waals surface area contributed by atoms with E-state index in [4.69, 9.17) is 9.47 Å². The highest BCUT2D eigenvalue weighted by atomic mass is 16.5. The first-order valence-corrected chi connectivity index (χ1v) is 9.90. The fourth-order valence-corrected chi connectivity index (χ4v) is 3.93. The smallest absolute Gasteiger partial charge is 0.262 e. The number of carbonyl (C=O) groups is 1. The van der Waals surface area contributed by atoms with Gasteiger partial charge in [0.2, 0.25) is 0 Å². The molecule has 0 radical (unpaired) electrons. The average molecular weight is 368 g/mol. The molecule has 0 unspecified atom stereocenters. The lowest BCUT2D eigenvalue weighted by molar-refractivity contribution is -0.118. The third kappa shape index (κ3) is 4.44. The lowest BCUT2D eigenvalue weighted by Crippen LogP contribution is -2.41. The van der Waals surface area contributed by atoms with E-state index in [1.807, 2.05) is 26.0 Å². The van der Waals surface area contributed by atoms with E-state index >= 15 is 0 Å². The Morgan fingerprint density at radius 3 is 2.85 bits per heavy atom. The van der Waals surface area contributed by atoms with Gasteiger partial charge in [0.25, 0.3) is 5.91 Å². The zero-order chi connectivity index (χ0) is 19.4. The molecule has 1 aromatic rings. The Morgan fingerprint density at radius 2 is 2.15 bits per heavy atom. The van der Waals surface area contributed by atoms with Crippen molar-refractivity contribution in [2.24, 2.45) is 5.92 Å². The van der Waals surface area contributed by atoms with Crippen LogP contribution in [0.25, 0.3) is 6.08 Å². The van der Waals surface area contributed by atoms with Gasteiger partial charge in [-0.05, 0) is 50.8 Å². The zero-order valence-corrected chi connectivity index (χ0v) is 16.4. The van der Waals surface area contributed by atoms with Gasteiger partial charge in [0.1, 0.15) is 29.2 Å². The van der Waals surface area contributed by atoms with Crippen molar-refractivity contribution in [3.63, 3.8) is 0 Å². The van der Waals surface area contributed by atoms with Crippen LogP contribution in [0.3, 0.4) is 0 Å². The summed E-state index contributed by atoms with van der Waals surface area (Å²) in [5, 5.41) is 12.6. The number of hydrogen-bond acceptors (Lipinski definition) is 4. The predicted octanol–water partition coefficient (Wildman–Crippen LogP) is 4.01. The number of nitrogens with zero attached hydrogens (tertiary/aromatic N) is 1. The van der Waals surface area contributed by atoms with Gasteiger partial charge in [-0.2, -0.15) is 5.26 Å². The predicted molar refractivity (Wildman–Crippen MR) is 105 cm³/mol. The number of fused-ring (bicyclic) bond motifs is 1. The topological polar surface area (TPSA) is 71.3 Å². The second-order valence-corrected chi connectivity index (χ2v) is 7.57. The van der Waals surface area contributed by atoms with E-state index in [9.17, 15) is 10.1 Å². The number of ether oxygens (including phenoxy) is 2. The first kappa shape index (κ1) is 19.3. The number of nitriles is 1. The van der Waals surface area contributed by atoms with Gasteiger partial charge in [-0.25, -0.2) is 0 Å². The van der Waals surface area contributed by atoms with Crippen LogP contribution in [-0.4, -0.2) is 24.7 Å². The average Bonchev–Trinajstić information content (AvgIpc) is 3.00. The normalized spacial score (nSPS) is 24.5. The lowest BCUT2D eigenvalue weighted by atomic mass is 9.86. The molecular weight excluding hydrogens is 340 g/mol. The lowest BCUT2D eigenvalue weighted by Gasteiger charge is -2.29. The molecule has 1 fully saturated rings. The summed E-state index contributed by atoms with van der Waals surface area (Å²) in [6.45, 7) is 6.62. The standard InChI is InChI=1S/C22H28N2O3/c1-4-26-20-11-16-9-15(3)27-21(16)12-17(20)10-18(13-23)22(25)24-19-8-6-5-7-14(19)2/h10-12,14-15,19H,4-9H2,1-3H3,(H,24,25)/b18-10+/t14-,15-,19+/m1/s1. The molecule has 144 valence electrons. The van der Waals surface area contributed by atoms with Crippen LogP contribution < -0.4 is 14.8 Å². The molecule has 0 bridgehead atoms. The van der Waals surface area contributed by atoms with Crippen LogP contribution in [0.15, 0.2) is 17.7 Å². The van der Waals surface area contributed by atoms with Gasteiger partial charge in [0.15, 0.2) is 0 Å². The maximum atomic E-state index is 12.7. The van der Waals surface area contributed by atoms with Crippen molar-refractivity contribution in [3.8, 4) is 17.6 Å². The maximum absolute atomic E-state index is 12.7. The Labute approximate surface area is 161 Å². The number of amides is 1. The molecule has 5 nitrogen and oxygen atoms in total. The summed E-state index contributed by atoms with van der Waals surface area (Å²) < 4.78 is 11.6. The van der Waals surface area contributed by atoms with Gasteiger partial charge in [-0.1, -0.05) is 19.8 Å². The van der Waals surface area contributed by atoms with Gasteiger partial charge in [0, 0.05) is 23.6 Å². The van der Waals surface area contributed by atoms with Crippen molar-refractivity contribution >= 4 is 12.0 Å². The van der Waals surface area contributed by atoms with Crippen LogP contribution in [0.1, 0.15) is 57.6 Å². The molecule has 27 heavy (non-hydrogen) atoms. The highest BCUT2D eigenvalue weighted by Crippen LogP contribution is 2.36. The number of benzene rings is 1. The fraction of sp³-hybridized carbons (Fsp3) is 0.545. The molecule has 0 saturated heterocycles. The van der Waals surface area contributed by atoms with Gasteiger partial charge in [0.05, 0.1) is 6.61 Å². The van der Waals surface area contributed by atoms with Crippen molar-refractivity contribution in [3.05, 3.63) is 28.8 Å². The van der Waals surface area contributed by atoms with E-state index in [1.165, 1.54) is 6.42 Å². The van der Waals surface area contributed by atoms with Crippen molar-refractivity contribution in [2.45, 2.75) is 65.0 Å². The summed E-state index contributed by atoms with van der Waals surface area (Å²) in [5.41, 5.74) is 1.90. The van der Waals surface area contributed by atoms with E-state index in [0.717, 1.165) is 37.0 Å². The van der Waals surface area contributed by atoms with Gasteiger partial charge in [-0.3, -0.25) is 4.79 Å². The largest absolute Gasteiger partial charge is 0.493 e. The number of carbonyl (C=O) groups excluding carboxylic acids is 1. The first-order valence-electron chi connectivity index (χ1n) is 9.90. The van der Waals surface area contributed by atoms with Crippen molar-refractivity contribution in [1.82, 2.24) is 5.32 Å². The summed E-state index contributed by atoms with van der Waals surface area (Å²) in [7, 11) is 0. The Balaban J connectivity index is 1.85. The molecule has 3 atom stereocenters. The number of nitrogens with one attached hydrogen (secondary N) is 1. The van der Waals surface area contributed by atoms with Crippen LogP contribution in [-0.2, 0) is 11.2 Å². The molecule has 1 aliphatic heterocycles. The van der Waals surface area contributed by atoms with Gasteiger partial charge >= 0.3 is 0 Å². The third-order valence-corrected chi connectivity index (χ3v) is 5.42. The minimum Gasteiger partial charge on any atom is -0.493 e. The maximum Gasteiger partial charge on any atom is 0.262 e. The number of rotatable bonds is 5. The highest BCUT2D eigenvalue weighted by molar-refractivity contribution is 6.02. The molecule has 3 rings (SSSR count). The molecule has 1 amide bonds. The van der Waals surface area contributed by atoms with Crippen LogP contribution in [0.2, 0.25) is 0 Å². The quantitative estimate of drug-likeness (QED) is 0.630. The molecule has 0 aromatic heterocycles. The molecule has 5 heteroatoms. The number of hydrogen-bond donors (Lipinski definition) is 1. The Kier molecular flexibility index (Phi) is 6.05. The van der Waals surface area contributed by atoms with E-state index in [1.54, 1.807) is 6.08 Å². The molecule has 0 spiro atoms. The van der Waals surface area contributed by atoms with Gasteiger partial charge < -0.3 is 14.8 Å². The summed E-state index contributed by atoms with van der Waals surface area (Å²) >= 11 is 0. The Bertz CT molecular complexity index is 778. The minimum atomic E-state index is -0.312. The van der Waals surface area contributed by atoms with E-state index in [2.05, 4.69) is 18.3 Å². The van der Waals surface area contributed by atoms with Crippen molar-refractivity contribution in [2.75, 3.05) is 6.61 Å². The summed E-state index contributed by atoms with van der Waals surface area (Å²) in [6, 6.07) is 6.03. The monoisotopic (exact) mass is 368 g/mol. The minimum absolute atomic E-state index is 0.0970. The first-order chi connectivity index (χ1) is 13.0.